The second-order valence-electron chi connectivity index (χ2n) is 29.2. The van der Waals surface area contributed by atoms with Crippen molar-refractivity contribution >= 4 is 99.8 Å². The fourth-order valence-electron chi connectivity index (χ4n) is 20.1. The van der Waals surface area contributed by atoms with Gasteiger partial charge in [0.25, 0.3) is 0 Å². The zero-order chi connectivity index (χ0) is 64.9. The predicted molar refractivity (Wildman–Crippen MR) is 420 cm³/mol. The molecule has 0 nitrogen and oxygen atoms in total. The van der Waals surface area contributed by atoms with Gasteiger partial charge in [0.15, 0.2) is 0 Å². The molecule has 0 fully saturated rings. The highest BCUT2D eigenvalue weighted by molar-refractivity contribution is 6.23. The topological polar surface area (TPSA) is 0 Å². The van der Waals surface area contributed by atoms with Crippen LogP contribution in [0.15, 0.2) is 255 Å². The van der Waals surface area contributed by atoms with Crippen molar-refractivity contribution in [3.8, 4) is 66.8 Å². The summed E-state index contributed by atoms with van der Waals surface area (Å²) in [6, 6.07) is 93.4. The number of benzene rings is 14. The van der Waals surface area contributed by atoms with Crippen molar-refractivity contribution in [3.05, 3.63) is 342 Å². The Morgan fingerprint density at radius 2 is 0.788 bits per heavy atom. The molecule has 0 heteroatoms. The molecular formula is C99H68. The lowest BCUT2D eigenvalue weighted by Gasteiger charge is -2.22. The maximum absolute atomic E-state index is 2.60. The third-order valence-corrected chi connectivity index (χ3v) is 24.0. The molecule has 0 bridgehead atoms. The van der Waals surface area contributed by atoms with Gasteiger partial charge in [-0.3, -0.25) is 0 Å². The van der Waals surface area contributed by atoms with Crippen molar-refractivity contribution in [3.63, 3.8) is 0 Å². The minimum Gasteiger partial charge on any atom is -0.0757 e. The summed E-state index contributed by atoms with van der Waals surface area (Å²) in [7, 11) is 0. The lowest BCUT2D eigenvalue weighted by atomic mass is 9.80. The van der Waals surface area contributed by atoms with Gasteiger partial charge in [-0.2, -0.15) is 0 Å². The van der Waals surface area contributed by atoms with Gasteiger partial charge in [-0.05, 0) is 314 Å². The number of rotatable bonds is 8. The van der Waals surface area contributed by atoms with E-state index in [1.165, 1.54) is 242 Å². The van der Waals surface area contributed by atoms with Crippen LogP contribution >= 0.6 is 0 Å². The van der Waals surface area contributed by atoms with E-state index in [0.29, 0.717) is 0 Å². The third-order valence-electron chi connectivity index (χ3n) is 24.0. The van der Waals surface area contributed by atoms with E-state index in [-0.39, 0.29) is 0 Å². The van der Waals surface area contributed by atoms with Crippen LogP contribution in [0.25, 0.3) is 167 Å². The summed E-state index contributed by atoms with van der Waals surface area (Å²) in [4.78, 5) is 0. The van der Waals surface area contributed by atoms with E-state index in [1.54, 1.807) is 0 Å². The minimum absolute atomic E-state index is 0.836. The predicted octanol–water partition coefficient (Wildman–Crippen LogP) is 22.9. The summed E-state index contributed by atoms with van der Waals surface area (Å²) in [5.41, 5.74) is 44.7. The number of fused-ring (bicyclic) bond motifs is 12. The monoisotopic (exact) mass is 1260 g/mol. The molecule has 8 aliphatic carbocycles. The number of hydrogen-bond acceptors (Lipinski definition) is 0. The lowest BCUT2D eigenvalue weighted by Crippen LogP contribution is -2.32. The third kappa shape index (κ3) is 7.86. The maximum atomic E-state index is 2.60. The van der Waals surface area contributed by atoms with Crippen molar-refractivity contribution in [2.24, 2.45) is 0 Å². The Bertz CT molecular complexity index is 6500. The Labute approximate surface area is 577 Å². The van der Waals surface area contributed by atoms with Crippen LogP contribution in [0, 0.1) is 13.8 Å². The molecule has 99 heavy (non-hydrogen) atoms. The Balaban J connectivity index is 0.667. The molecule has 0 heterocycles. The fraction of sp³-hybridized carbons (Fsp3) is 0.111. The van der Waals surface area contributed by atoms with Crippen molar-refractivity contribution < 1.29 is 0 Å². The quantitative estimate of drug-likeness (QED) is 0.142. The highest BCUT2D eigenvalue weighted by atomic mass is 14.4. The Morgan fingerprint density at radius 3 is 1.37 bits per heavy atom. The fourth-order valence-corrected chi connectivity index (χ4v) is 20.1. The van der Waals surface area contributed by atoms with Crippen LogP contribution in [0.4, 0.5) is 0 Å². The normalized spacial score (nSPS) is 15.5. The molecule has 0 saturated heterocycles. The van der Waals surface area contributed by atoms with E-state index < -0.39 is 0 Å². The molecule has 0 aromatic heterocycles. The highest BCUT2D eigenvalue weighted by Crippen LogP contribution is 2.57. The van der Waals surface area contributed by atoms with Crippen molar-refractivity contribution in [1.29, 1.82) is 0 Å². The highest BCUT2D eigenvalue weighted by Gasteiger charge is 2.37. The molecule has 0 saturated carbocycles. The molecule has 0 radical (unpaired) electrons. The van der Waals surface area contributed by atoms with E-state index in [9.17, 15) is 0 Å². The van der Waals surface area contributed by atoms with Crippen LogP contribution in [-0.2, 0) is 6.42 Å². The van der Waals surface area contributed by atoms with Gasteiger partial charge in [0.2, 0.25) is 0 Å². The number of aryl methyl sites for hydroxylation is 2. The van der Waals surface area contributed by atoms with Crippen LogP contribution < -0.4 is 20.9 Å². The molecule has 0 atom stereocenters. The first-order valence-electron chi connectivity index (χ1n) is 36.1. The van der Waals surface area contributed by atoms with E-state index in [1.807, 2.05) is 0 Å². The van der Waals surface area contributed by atoms with Gasteiger partial charge < -0.3 is 0 Å². The van der Waals surface area contributed by atoms with E-state index >= 15 is 0 Å². The van der Waals surface area contributed by atoms with E-state index in [4.69, 9.17) is 0 Å². The van der Waals surface area contributed by atoms with Crippen LogP contribution in [0.3, 0.4) is 0 Å². The molecule has 0 unspecified atom stereocenters. The summed E-state index contributed by atoms with van der Waals surface area (Å²) < 4.78 is 0. The summed E-state index contributed by atoms with van der Waals surface area (Å²) in [5.74, 6) is 0. The average molecular weight is 1260 g/mol. The second-order valence-corrected chi connectivity index (χ2v) is 29.2. The molecule has 0 N–H and O–H groups in total. The lowest BCUT2D eigenvalue weighted by molar-refractivity contribution is 1.06. The van der Waals surface area contributed by atoms with Gasteiger partial charge in [-0.25, -0.2) is 0 Å². The number of allylic oxidation sites excluding steroid dienone is 8. The van der Waals surface area contributed by atoms with Gasteiger partial charge in [0.05, 0.1) is 0 Å². The van der Waals surface area contributed by atoms with E-state index in [2.05, 4.69) is 281 Å². The summed E-state index contributed by atoms with van der Waals surface area (Å²) in [6.07, 6.45) is 19.4. The van der Waals surface area contributed by atoms with Gasteiger partial charge in [-0.15, -0.1) is 0 Å². The van der Waals surface area contributed by atoms with Gasteiger partial charge in [0, 0.05) is 0 Å². The van der Waals surface area contributed by atoms with E-state index in [0.717, 1.165) is 57.8 Å². The largest absolute Gasteiger partial charge is 0.0757 e. The minimum atomic E-state index is 0.836. The standard InChI is InChI=1S/C99H68/c1-56-50-66-38-36-57(2)87-77-45-41-65(55-84(77)85(51-56)92(66)87)68-47-49-82-95-72(68)32-19-35-80(95)97-91(62-26-13-6-14-27-62)86-53-58(37-42-78(86)90(99(82)97)61-24-11-5-12-25-61)52-63-40-44-76-70-43-39-64(54-83(70)75-33-17-30-69(63)93(75)76)67-46-48-81-94-71(67)31-18-34-79(94)96-88(59-20-7-3-8-21-59)73-28-15-16-29-74(73)89(98(81)96)60-22-9-4-10-23-60/h3-17,20-33,36-38,40,42,44,46-51,53-55H,18-19,34-35,39,41,43,45,52H2,1-2H3. The molecule has 0 amide bonds. The summed E-state index contributed by atoms with van der Waals surface area (Å²) >= 11 is 0. The Hall–Kier alpha value is -11.4. The average Bonchev–Trinajstić information content (AvgIpc) is 1.56. The first-order valence-corrected chi connectivity index (χ1v) is 36.1. The van der Waals surface area contributed by atoms with Crippen molar-refractivity contribution in [1.82, 2.24) is 0 Å². The Morgan fingerprint density at radius 1 is 0.293 bits per heavy atom. The van der Waals surface area contributed by atoms with Crippen molar-refractivity contribution in [2.45, 2.75) is 71.6 Å². The summed E-state index contributed by atoms with van der Waals surface area (Å²) in [6.45, 7) is 4.57. The first kappa shape index (κ1) is 55.7. The maximum Gasteiger partial charge on any atom is -0.00108 e. The molecule has 22 rings (SSSR count). The van der Waals surface area contributed by atoms with Gasteiger partial charge in [-0.1, -0.05) is 267 Å². The smallest absolute Gasteiger partial charge is 0.00108 e. The SMILES string of the molecule is Cc1cc2c3c(c(C)ccc3c1)C1=C2C=C(c2ccc3c4c2=CCCC=4c2c-3c(-c3ccccc3)c3ccc(Cc4ccc5c6c(cccc46)C4=C5CCC(c5ccc6c7c5=CCCC=7c5c-6c(-c6ccccc6)c6ccccc6c5-c5ccccc5)=C4)cc3c2-c2ccccc2)CC1. The van der Waals surface area contributed by atoms with Crippen LogP contribution in [0.1, 0.15) is 118 Å². The zero-order valence-electron chi connectivity index (χ0n) is 55.8. The first-order chi connectivity index (χ1) is 49.0. The molecule has 8 aliphatic rings. The molecule has 14 aromatic carbocycles. The molecule has 14 aromatic rings. The molecule has 0 aliphatic heterocycles. The van der Waals surface area contributed by atoms with Gasteiger partial charge in [0.1, 0.15) is 0 Å². The number of hydrogen-bond donors (Lipinski definition) is 0. The van der Waals surface area contributed by atoms with Crippen molar-refractivity contribution in [2.75, 3.05) is 0 Å². The Kier molecular flexibility index (Phi) is 11.8. The molecule has 464 valence electrons. The second kappa shape index (κ2) is 21.0. The van der Waals surface area contributed by atoms with Crippen LogP contribution in [-0.4, -0.2) is 0 Å². The molecular weight excluding hydrogens is 1190 g/mol. The molecule has 0 spiro atoms. The van der Waals surface area contributed by atoms with Crippen LogP contribution in [0.5, 0.6) is 0 Å². The van der Waals surface area contributed by atoms with Crippen LogP contribution in [0.2, 0.25) is 0 Å². The summed E-state index contributed by atoms with van der Waals surface area (Å²) in [5, 5.41) is 16.7. The van der Waals surface area contributed by atoms with Gasteiger partial charge >= 0.3 is 0 Å². The zero-order valence-corrected chi connectivity index (χ0v) is 55.8.